The van der Waals surface area contributed by atoms with Gasteiger partial charge in [-0.15, -0.1) is 0 Å². The number of rotatable bonds is 3. The molecule has 19 heavy (non-hydrogen) atoms. The quantitative estimate of drug-likeness (QED) is 0.696. The van der Waals surface area contributed by atoms with E-state index in [0.29, 0.717) is 26.1 Å². The smallest absolute Gasteiger partial charge is 0.236 e. The molecule has 0 spiro atoms. The highest BCUT2D eigenvalue weighted by molar-refractivity contribution is 5.84. The van der Waals surface area contributed by atoms with Crippen LogP contribution in [0, 0.1) is 5.41 Å². The monoisotopic (exact) mass is 268 g/mol. The van der Waals surface area contributed by atoms with E-state index >= 15 is 0 Å². The lowest BCUT2D eigenvalue weighted by Crippen LogP contribution is -2.46. The van der Waals surface area contributed by atoms with E-state index in [4.69, 9.17) is 11.5 Å². The van der Waals surface area contributed by atoms with Gasteiger partial charge in [-0.25, -0.2) is 0 Å². The lowest BCUT2D eigenvalue weighted by atomic mass is 9.89. The number of hydrogen-bond acceptors (Lipinski definition) is 4. The van der Waals surface area contributed by atoms with E-state index in [9.17, 15) is 9.59 Å². The summed E-state index contributed by atoms with van der Waals surface area (Å²) < 4.78 is 0. The number of primary amides is 1. The molecule has 0 radical (unpaired) electrons. The molecule has 1 atom stereocenters. The molecule has 0 aromatic carbocycles. The van der Waals surface area contributed by atoms with Gasteiger partial charge in [0.2, 0.25) is 11.8 Å². The highest BCUT2D eigenvalue weighted by Crippen LogP contribution is 2.29. The SMILES string of the molecule is CC1(C(N)=O)CCN(C(=O)CN2CCC(N)CC2)C1. The fraction of sp³-hybridized carbons (Fsp3) is 0.846. The molecule has 0 aromatic rings. The van der Waals surface area contributed by atoms with Crippen LogP contribution in [0.15, 0.2) is 0 Å². The third-order valence-electron chi connectivity index (χ3n) is 4.41. The van der Waals surface area contributed by atoms with Gasteiger partial charge >= 0.3 is 0 Å². The van der Waals surface area contributed by atoms with Crippen molar-refractivity contribution in [3.05, 3.63) is 0 Å². The first-order chi connectivity index (χ1) is 8.90. The van der Waals surface area contributed by atoms with Crippen LogP contribution < -0.4 is 11.5 Å². The average molecular weight is 268 g/mol. The Morgan fingerprint density at radius 2 is 1.89 bits per heavy atom. The molecule has 4 N–H and O–H groups in total. The Morgan fingerprint density at radius 3 is 2.42 bits per heavy atom. The molecule has 2 rings (SSSR count). The van der Waals surface area contributed by atoms with Crippen molar-refractivity contribution in [2.24, 2.45) is 16.9 Å². The van der Waals surface area contributed by atoms with Gasteiger partial charge in [-0.2, -0.15) is 0 Å². The molecule has 6 heteroatoms. The van der Waals surface area contributed by atoms with Crippen molar-refractivity contribution in [1.29, 1.82) is 0 Å². The van der Waals surface area contributed by atoms with Crippen LogP contribution in [0.1, 0.15) is 26.2 Å². The molecular formula is C13H24N4O2. The standard InChI is InChI=1S/C13H24N4O2/c1-13(12(15)19)4-7-17(9-13)11(18)8-16-5-2-10(14)3-6-16/h10H,2-9,14H2,1H3,(H2,15,19). The second-order valence-corrected chi connectivity index (χ2v) is 6.10. The van der Waals surface area contributed by atoms with Crippen molar-refractivity contribution in [3.63, 3.8) is 0 Å². The molecule has 2 aliphatic heterocycles. The third kappa shape index (κ3) is 3.25. The van der Waals surface area contributed by atoms with Crippen molar-refractivity contribution in [2.75, 3.05) is 32.7 Å². The van der Waals surface area contributed by atoms with E-state index in [-0.39, 0.29) is 17.9 Å². The van der Waals surface area contributed by atoms with Crippen molar-refractivity contribution < 1.29 is 9.59 Å². The minimum absolute atomic E-state index is 0.0976. The van der Waals surface area contributed by atoms with Gasteiger partial charge in [-0.3, -0.25) is 14.5 Å². The van der Waals surface area contributed by atoms with E-state index in [1.54, 1.807) is 4.90 Å². The lowest BCUT2D eigenvalue weighted by molar-refractivity contribution is -0.132. The summed E-state index contributed by atoms with van der Waals surface area (Å²) in [5.74, 6) is -0.216. The molecule has 1 unspecified atom stereocenters. The Labute approximate surface area is 114 Å². The van der Waals surface area contributed by atoms with Crippen molar-refractivity contribution >= 4 is 11.8 Å². The summed E-state index contributed by atoms with van der Waals surface area (Å²) in [7, 11) is 0. The lowest BCUT2D eigenvalue weighted by Gasteiger charge is -2.31. The van der Waals surface area contributed by atoms with Crippen LogP contribution in [0.5, 0.6) is 0 Å². The summed E-state index contributed by atoms with van der Waals surface area (Å²) in [4.78, 5) is 27.5. The Hall–Kier alpha value is -1.14. The van der Waals surface area contributed by atoms with Crippen LogP contribution in [0.3, 0.4) is 0 Å². The highest BCUT2D eigenvalue weighted by atomic mass is 16.2. The fourth-order valence-electron chi connectivity index (χ4n) is 2.78. The molecule has 108 valence electrons. The minimum atomic E-state index is -0.556. The number of hydrogen-bond donors (Lipinski definition) is 2. The molecule has 2 aliphatic rings. The van der Waals surface area contributed by atoms with E-state index < -0.39 is 5.41 Å². The predicted octanol–water partition coefficient (Wildman–Crippen LogP) is -0.867. The summed E-state index contributed by atoms with van der Waals surface area (Å²) in [6.07, 6.45) is 2.57. The average Bonchev–Trinajstić information content (AvgIpc) is 2.76. The van der Waals surface area contributed by atoms with Crippen LogP contribution in [0.2, 0.25) is 0 Å². The first-order valence-corrected chi connectivity index (χ1v) is 6.96. The normalized spacial score (nSPS) is 29.7. The fourth-order valence-corrected chi connectivity index (χ4v) is 2.78. The number of likely N-dealkylation sites (tertiary alicyclic amines) is 2. The maximum absolute atomic E-state index is 12.2. The van der Waals surface area contributed by atoms with Crippen LogP contribution in [0.4, 0.5) is 0 Å². The Balaban J connectivity index is 1.83. The van der Waals surface area contributed by atoms with Crippen LogP contribution >= 0.6 is 0 Å². The second-order valence-electron chi connectivity index (χ2n) is 6.10. The first-order valence-electron chi connectivity index (χ1n) is 6.96. The number of piperidine rings is 1. The zero-order valence-corrected chi connectivity index (χ0v) is 11.6. The predicted molar refractivity (Wildman–Crippen MR) is 72.1 cm³/mol. The van der Waals surface area contributed by atoms with Gasteiger partial charge < -0.3 is 16.4 Å². The van der Waals surface area contributed by atoms with E-state index in [1.807, 2.05) is 6.92 Å². The molecule has 2 saturated heterocycles. The topological polar surface area (TPSA) is 92.7 Å². The summed E-state index contributed by atoms with van der Waals surface area (Å²) in [5.41, 5.74) is 10.7. The molecule has 2 heterocycles. The van der Waals surface area contributed by atoms with E-state index in [1.165, 1.54) is 0 Å². The van der Waals surface area contributed by atoms with Crippen molar-refractivity contribution in [2.45, 2.75) is 32.2 Å². The third-order valence-corrected chi connectivity index (χ3v) is 4.41. The number of carbonyl (C=O) groups excluding carboxylic acids is 2. The molecule has 2 fully saturated rings. The number of carbonyl (C=O) groups is 2. The highest BCUT2D eigenvalue weighted by Gasteiger charge is 2.40. The summed E-state index contributed by atoms with van der Waals surface area (Å²) in [6, 6.07) is 0.274. The largest absolute Gasteiger partial charge is 0.369 e. The van der Waals surface area contributed by atoms with Gasteiger partial charge in [0.25, 0.3) is 0 Å². The maximum Gasteiger partial charge on any atom is 0.236 e. The first kappa shape index (κ1) is 14.3. The van der Waals surface area contributed by atoms with Crippen LogP contribution in [0.25, 0.3) is 0 Å². The zero-order valence-electron chi connectivity index (χ0n) is 11.6. The van der Waals surface area contributed by atoms with Crippen LogP contribution in [-0.4, -0.2) is 60.4 Å². The molecule has 0 bridgehead atoms. The zero-order chi connectivity index (χ0) is 14.0. The van der Waals surface area contributed by atoms with Gasteiger partial charge in [0.05, 0.1) is 12.0 Å². The van der Waals surface area contributed by atoms with Crippen molar-refractivity contribution in [3.8, 4) is 0 Å². The van der Waals surface area contributed by atoms with Gasteiger partial charge in [-0.1, -0.05) is 0 Å². The number of nitrogens with two attached hydrogens (primary N) is 2. The molecule has 0 aliphatic carbocycles. The summed E-state index contributed by atoms with van der Waals surface area (Å²) in [5, 5.41) is 0. The van der Waals surface area contributed by atoms with Gasteiger partial charge in [-0.05, 0) is 26.2 Å². The van der Waals surface area contributed by atoms with Crippen LogP contribution in [-0.2, 0) is 9.59 Å². The van der Waals surface area contributed by atoms with Gasteiger partial charge in [0.15, 0.2) is 0 Å². The molecule has 2 amide bonds. The summed E-state index contributed by atoms with van der Waals surface area (Å²) in [6.45, 7) is 5.12. The summed E-state index contributed by atoms with van der Waals surface area (Å²) >= 11 is 0. The van der Waals surface area contributed by atoms with E-state index in [2.05, 4.69) is 4.90 Å². The minimum Gasteiger partial charge on any atom is -0.369 e. The number of nitrogens with zero attached hydrogens (tertiary/aromatic N) is 2. The van der Waals surface area contributed by atoms with Crippen molar-refractivity contribution in [1.82, 2.24) is 9.80 Å². The Morgan fingerprint density at radius 1 is 1.26 bits per heavy atom. The molecule has 6 nitrogen and oxygen atoms in total. The Kier molecular flexibility index (Phi) is 4.10. The molecular weight excluding hydrogens is 244 g/mol. The second kappa shape index (κ2) is 5.46. The molecule has 0 aromatic heterocycles. The number of amides is 2. The maximum atomic E-state index is 12.2. The molecule has 0 saturated carbocycles. The van der Waals surface area contributed by atoms with E-state index in [0.717, 1.165) is 25.9 Å². The van der Waals surface area contributed by atoms with Gasteiger partial charge in [0, 0.05) is 32.2 Å². The Bertz CT molecular complexity index is 366. The van der Waals surface area contributed by atoms with Gasteiger partial charge in [0.1, 0.15) is 0 Å².